The quantitative estimate of drug-likeness (QED) is 0.563. The fourth-order valence-electron chi connectivity index (χ4n) is 2.40. The first-order chi connectivity index (χ1) is 13.1. The zero-order chi connectivity index (χ0) is 19.2. The van der Waals surface area contributed by atoms with Gasteiger partial charge in [-0.1, -0.05) is 0 Å². The van der Waals surface area contributed by atoms with Gasteiger partial charge in [-0.2, -0.15) is 8.75 Å². The highest BCUT2D eigenvalue weighted by atomic mass is 32.1. The van der Waals surface area contributed by atoms with Gasteiger partial charge < -0.3 is 11.1 Å². The van der Waals surface area contributed by atoms with Gasteiger partial charge in [0.05, 0.1) is 11.7 Å². The normalized spacial score (nSPS) is 11.6. The van der Waals surface area contributed by atoms with Crippen LogP contribution in [-0.2, 0) is 16.0 Å². The molecule has 0 spiro atoms. The topological polar surface area (TPSA) is 141 Å². The summed E-state index contributed by atoms with van der Waals surface area (Å²) in [5, 5.41) is 2.54. The molecule has 0 aliphatic rings. The summed E-state index contributed by atoms with van der Waals surface area (Å²) in [5.41, 5.74) is 6.93. The molecule has 3 aromatic rings. The van der Waals surface area contributed by atoms with Crippen molar-refractivity contribution in [3.63, 3.8) is 0 Å². The Balaban J connectivity index is 1.84. The molecule has 0 saturated carbocycles. The molecule has 1 unspecified atom stereocenters. The highest BCUT2D eigenvalue weighted by Crippen LogP contribution is 2.21. The molecule has 0 aliphatic carbocycles. The van der Waals surface area contributed by atoms with E-state index >= 15 is 0 Å². The number of hydrogen-bond donors (Lipinski definition) is 2. The molecule has 1 atom stereocenters. The predicted octanol–water partition coefficient (Wildman–Crippen LogP) is 0.391. The van der Waals surface area contributed by atoms with Crippen molar-refractivity contribution in [1.29, 1.82) is 0 Å². The number of Topliss-reactive ketones (excluding diaryl/α,β-unsaturated/α-hetero) is 1. The van der Waals surface area contributed by atoms with Gasteiger partial charge in [-0.15, -0.1) is 0 Å². The van der Waals surface area contributed by atoms with Crippen LogP contribution < -0.4 is 11.1 Å². The van der Waals surface area contributed by atoms with E-state index in [0.717, 1.165) is 17.3 Å². The molecule has 0 radical (unpaired) electrons. The first kappa shape index (κ1) is 18.3. The van der Waals surface area contributed by atoms with Crippen LogP contribution in [0.1, 0.15) is 16.1 Å². The molecule has 10 heteroatoms. The Bertz CT molecular complexity index is 961. The molecule has 0 aromatic carbocycles. The fourth-order valence-corrected chi connectivity index (χ4v) is 2.96. The summed E-state index contributed by atoms with van der Waals surface area (Å²) in [7, 11) is 0. The molecule has 0 saturated heterocycles. The first-order valence-corrected chi connectivity index (χ1v) is 8.55. The summed E-state index contributed by atoms with van der Waals surface area (Å²) >= 11 is 0.869. The van der Waals surface area contributed by atoms with Crippen LogP contribution in [0.3, 0.4) is 0 Å². The molecule has 136 valence electrons. The van der Waals surface area contributed by atoms with E-state index in [9.17, 15) is 14.4 Å². The van der Waals surface area contributed by atoms with Crippen LogP contribution in [0, 0.1) is 0 Å². The number of rotatable bonds is 7. The van der Waals surface area contributed by atoms with Gasteiger partial charge in [-0.25, -0.2) is 0 Å². The molecule has 27 heavy (non-hydrogen) atoms. The predicted molar refractivity (Wildman–Crippen MR) is 96.5 cm³/mol. The van der Waals surface area contributed by atoms with E-state index in [1.54, 1.807) is 49.1 Å². The summed E-state index contributed by atoms with van der Waals surface area (Å²) in [6.45, 7) is 0. The Morgan fingerprint density at radius 3 is 2.26 bits per heavy atom. The van der Waals surface area contributed by atoms with Crippen molar-refractivity contribution in [1.82, 2.24) is 24.0 Å². The van der Waals surface area contributed by atoms with Gasteiger partial charge in [0.2, 0.25) is 5.78 Å². The minimum atomic E-state index is -1.12. The van der Waals surface area contributed by atoms with Gasteiger partial charge in [-0.3, -0.25) is 24.4 Å². The highest BCUT2D eigenvalue weighted by Gasteiger charge is 2.28. The molecule has 0 fully saturated rings. The number of carbonyl (C=O) groups excluding carboxylic acids is 3. The van der Waals surface area contributed by atoms with Gasteiger partial charge in [0.15, 0.2) is 5.69 Å². The van der Waals surface area contributed by atoms with E-state index in [-0.39, 0.29) is 12.1 Å². The van der Waals surface area contributed by atoms with E-state index in [1.165, 1.54) is 0 Å². The molecule has 3 aromatic heterocycles. The number of ketones is 1. The Labute approximate surface area is 158 Å². The number of primary amides is 1. The Kier molecular flexibility index (Phi) is 5.57. The summed E-state index contributed by atoms with van der Waals surface area (Å²) in [4.78, 5) is 44.0. The molecule has 9 nitrogen and oxygen atoms in total. The van der Waals surface area contributed by atoms with E-state index in [2.05, 4.69) is 24.0 Å². The summed E-state index contributed by atoms with van der Waals surface area (Å²) in [6, 6.07) is 5.62. The van der Waals surface area contributed by atoms with Crippen molar-refractivity contribution in [2.45, 2.75) is 12.5 Å². The number of pyridine rings is 2. The monoisotopic (exact) mass is 382 g/mol. The number of carbonyl (C=O) groups is 3. The van der Waals surface area contributed by atoms with E-state index in [0.29, 0.717) is 11.3 Å². The summed E-state index contributed by atoms with van der Waals surface area (Å²) in [6.07, 6.45) is 6.33. The lowest BCUT2D eigenvalue weighted by molar-refractivity contribution is -0.137. The molecular formula is C17H14N6O3S. The molecule has 2 amide bonds. The maximum absolute atomic E-state index is 12.7. The lowest BCUT2D eigenvalue weighted by Crippen LogP contribution is -2.47. The van der Waals surface area contributed by atoms with Crippen molar-refractivity contribution in [3.05, 3.63) is 60.3 Å². The Hall–Kier alpha value is -3.53. The minimum Gasteiger partial charge on any atom is -0.363 e. The largest absolute Gasteiger partial charge is 0.363 e. The van der Waals surface area contributed by atoms with Crippen LogP contribution in [-0.4, -0.2) is 42.4 Å². The minimum absolute atomic E-state index is 0.0585. The second-order valence-electron chi connectivity index (χ2n) is 5.51. The number of aromatic nitrogens is 4. The van der Waals surface area contributed by atoms with Crippen LogP contribution in [0.2, 0.25) is 0 Å². The molecular weight excluding hydrogens is 368 g/mol. The van der Waals surface area contributed by atoms with E-state index in [4.69, 9.17) is 5.73 Å². The van der Waals surface area contributed by atoms with Crippen LogP contribution in [0.15, 0.2) is 49.1 Å². The van der Waals surface area contributed by atoms with Crippen LogP contribution in [0.25, 0.3) is 11.3 Å². The SMILES string of the molecule is NC(=O)C(=O)C(Cc1ccncc1)NC(=O)c1nsnc1-c1ccncc1. The first-order valence-electron chi connectivity index (χ1n) is 7.82. The smallest absolute Gasteiger partial charge is 0.287 e. The van der Waals surface area contributed by atoms with Crippen LogP contribution in [0.4, 0.5) is 0 Å². The van der Waals surface area contributed by atoms with Gasteiger partial charge in [0, 0.05) is 36.8 Å². The van der Waals surface area contributed by atoms with Gasteiger partial charge in [-0.05, 0) is 29.8 Å². The van der Waals surface area contributed by atoms with Crippen molar-refractivity contribution in [2.24, 2.45) is 5.73 Å². The Morgan fingerprint density at radius 1 is 1.00 bits per heavy atom. The average Bonchev–Trinajstić information content (AvgIpc) is 3.18. The average molecular weight is 382 g/mol. The van der Waals surface area contributed by atoms with Gasteiger partial charge in [0.1, 0.15) is 11.7 Å². The third-order valence-electron chi connectivity index (χ3n) is 3.71. The zero-order valence-electron chi connectivity index (χ0n) is 13.9. The zero-order valence-corrected chi connectivity index (χ0v) is 14.7. The molecule has 0 aliphatic heterocycles. The number of hydrogen-bond acceptors (Lipinski definition) is 8. The van der Waals surface area contributed by atoms with E-state index in [1.807, 2.05) is 0 Å². The van der Waals surface area contributed by atoms with Crippen LogP contribution in [0.5, 0.6) is 0 Å². The lowest BCUT2D eigenvalue weighted by Gasteiger charge is -2.16. The number of nitrogens with one attached hydrogen (secondary N) is 1. The van der Waals surface area contributed by atoms with Crippen molar-refractivity contribution >= 4 is 29.3 Å². The van der Waals surface area contributed by atoms with Crippen molar-refractivity contribution < 1.29 is 14.4 Å². The molecule has 3 N–H and O–H groups in total. The maximum atomic E-state index is 12.7. The second-order valence-corrected chi connectivity index (χ2v) is 6.04. The van der Waals surface area contributed by atoms with Crippen molar-refractivity contribution in [3.8, 4) is 11.3 Å². The molecule has 0 bridgehead atoms. The highest BCUT2D eigenvalue weighted by molar-refractivity contribution is 6.99. The summed E-state index contributed by atoms with van der Waals surface area (Å²) in [5.74, 6) is -2.64. The van der Waals surface area contributed by atoms with Gasteiger partial charge in [0.25, 0.3) is 11.8 Å². The molecule has 3 heterocycles. The number of amides is 2. The second kappa shape index (κ2) is 8.23. The third kappa shape index (κ3) is 4.36. The molecule has 3 rings (SSSR count). The third-order valence-corrected chi connectivity index (χ3v) is 4.24. The van der Waals surface area contributed by atoms with E-state index < -0.39 is 23.6 Å². The van der Waals surface area contributed by atoms with Crippen LogP contribution >= 0.6 is 11.7 Å². The summed E-state index contributed by atoms with van der Waals surface area (Å²) < 4.78 is 8.15. The fraction of sp³-hybridized carbons (Fsp3) is 0.118. The standard InChI is InChI=1S/C17H14N6O3S/c18-16(25)15(24)12(9-10-1-5-19-6-2-10)21-17(26)14-13(22-27-23-14)11-3-7-20-8-4-11/h1-8,12H,9H2,(H2,18,25)(H,21,26). The number of nitrogens with two attached hydrogens (primary N) is 1. The van der Waals surface area contributed by atoms with Crippen molar-refractivity contribution in [2.75, 3.05) is 0 Å². The Morgan fingerprint density at radius 2 is 1.63 bits per heavy atom. The van der Waals surface area contributed by atoms with Gasteiger partial charge >= 0.3 is 0 Å². The lowest BCUT2D eigenvalue weighted by atomic mass is 10.0. The number of nitrogens with zero attached hydrogens (tertiary/aromatic N) is 4. The maximum Gasteiger partial charge on any atom is 0.287 e.